The van der Waals surface area contributed by atoms with Gasteiger partial charge in [-0.25, -0.2) is 0 Å². The van der Waals surface area contributed by atoms with Gasteiger partial charge in [0.25, 0.3) is 0 Å². The highest BCUT2D eigenvalue weighted by Gasteiger charge is 2.61. The molecule has 3 heterocycles. The van der Waals surface area contributed by atoms with Gasteiger partial charge in [0.15, 0.2) is 0 Å². The highest BCUT2D eigenvalue weighted by atomic mass is 16.5. The van der Waals surface area contributed by atoms with Crippen LogP contribution in [0, 0.1) is 5.41 Å². The topological polar surface area (TPSA) is 57.6 Å². The molecule has 0 unspecified atom stereocenters. The lowest BCUT2D eigenvalue weighted by molar-refractivity contribution is -0.223. The van der Waals surface area contributed by atoms with E-state index in [0.717, 1.165) is 5.58 Å². The van der Waals surface area contributed by atoms with Gasteiger partial charge in [-0.05, 0) is 6.07 Å². The Hall–Kier alpha value is -1.36. The number of benzene rings is 1. The first-order chi connectivity index (χ1) is 9.31. The number of hydrogen-bond acceptors (Lipinski definition) is 4. The summed E-state index contributed by atoms with van der Waals surface area (Å²) in [6, 6.07) is 8.14. The van der Waals surface area contributed by atoms with Crippen molar-refractivity contribution < 1.29 is 13.9 Å². The van der Waals surface area contributed by atoms with Crippen LogP contribution in [0.2, 0.25) is 0 Å². The van der Waals surface area contributed by atoms with Crippen molar-refractivity contribution in [1.29, 1.82) is 0 Å². The van der Waals surface area contributed by atoms with E-state index in [2.05, 4.69) is 6.07 Å². The Bertz CT molecular complexity index is 605. The predicted octanol–water partition coefficient (Wildman–Crippen LogP) is 1.68. The second-order valence-electron chi connectivity index (χ2n) is 5.70. The Morgan fingerprint density at radius 2 is 1.79 bits per heavy atom. The highest BCUT2D eigenvalue weighted by molar-refractivity contribution is 5.82. The van der Waals surface area contributed by atoms with Crippen LogP contribution in [0.25, 0.3) is 11.0 Å². The minimum Gasteiger partial charge on any atom is -0.464 e. The summed E-state index contributed by atoms with van der Waals surface area (Å²) in [5.41, 5.74) is 8.15. The molecule has 0 atom stereocenters. The second kappa shape index (κ2) is 3.82. The molecule has 2 fully saturated rings. The molecule has 2 aromatic rings. The van der Waals surface area contributed by atoms with Crippen molar-refractivity contribution in [2.45, 2.75) is 5.41 Å². The lowest BCUT2D eigenvalue weighted by Crippen LogP contribution is -2.69. The van der Waals surface area contributed by atoms with Crippen LogP contribution in [0.15, 0.2) is 34.9 Å². The molecule has 2 aliphatic heterocycles. The zero-order valence-electron chi connectivity index (χ0n) is 10.7. The molecule has 1 aromatic carbocycles. The molecule has 2 N–H and O–H groups in total. The van der Waals surface area contributed by atoms with E-state index in [0.29, 0.717) is 33.0 Å². The van der Waals surface area contributed by atoms with Crippen molar-refractivity contribution in [3.63, 3.8) is 0 Å². The first-order valence-electron chi connectivity index (χ1n) is 6.64. The molecule has 0 radical (unpaired) electrons. The fourth-order valence-corrected chi connectivity index (χ4v) is 3.34. The Morgan fingerprint density at radius 3 is 2.37 bits per heavy atom. The molecule has 4 rings (SSSR count). The molecule has 2 saturated heterocycles. The van der Waals surface area contributed by atoms with Gasteiger partial charge in [-0.1, -0.05) is 18.2 Å². The number of ether oxygens (including phenoxy) is 2. The maximum absolute atomic E-state index is 6.05. The van der Waals surface area contributed by atoms with E-state index >= 15 is 0 Å². The summed E-state index contributed by atoms with van der Waals surface area (Å²) in [5, 5.41) is 1.17. The van der Waals surface area contributed by atoms with Gasteiger partial charge in [-0.15, -0.1) is 0 Å². The molecule has 0 spiro atoms. The average molecular weight is 259 g/mol. The second-order valence-corrected chi connectivity index (χ2v) is 5.70. The largest absolute Gasteiger partial charge is 0.464 e. The van der Waals surface area contributed by atoms with E-state index < -0.39 is 0 Å². The van der Waals surface area contributed by atoms with E-state index in [1.54, 1.807) is 0 Å². The molecule has 100 valence electrons. The van der Waals surface area contributed by atoms with E-state index in [-0.39, 0.29) is 10.8 Å². The van der Waals surface area contributed by atoms with Crippen LogP contribution < -0.4 is 5.73 Å². The summed E-state index contributed by atoms with van der Waals surface area (Å²) in [4.78, 5) is 0. The number of para-hydroxylation sites is 1. The van der Waals surface area contributed by atoms with Gasteiger partial charge in [0.2, 0.25) is 0 Å². The molecular formula is C15H17NO3. The molecule has 0 saturated carbocycles. The third-order valence-corrected chi connectivity index (χ3v) is 4.86. The average Bonchev–Trinajstić information content (AvgIpc) is 2.75. The Kier molecular flexibility index (Phi) is 2.31. The minimum absolute atomic E-state index is 0.00209. The van der Waals surface area contributed by atoms with Crippen LogP contribution in [-0.4, -0.2) is 33.0 Å². The molecule has 0 amide bonds. The van der Waals surface area contributed by atoms with Crippen LogP contribution in [-0.2, 0) is 14.9 Å². The predicted molar refractivity (Wildman–Crippen MR) is 71.0 cm³/mol. The number of nitrogens with two attached hydrogens (primary N) is 1. The highest BCUT2D eigenvalue weighted by Crippen LogP contribution is 2.53. The maximum atomic E-state index is 6.05. The Balaban J connectivity index is 1.89. The van der Waals surface area contributed by atoms with Crippen LogP contribution in [0.3, 0.4) is 0 Å². The Morgan fingerprint density at radius 1 is 1.05 bits per heavy atom. The number of fused-ring (bicyclic) bond motifs is 1. The lowest BCUT2D eigenvalue weighted by Gasteiger charge is -2.58. The third kappa shape index (κ3) is 1.29. The van der Waals surface area contributed by atoms with E-state index in [1.165, 1.54) is 10.9 Å². The van der Waals surface area contributed by atoms with Crippen LogP contribution in [0.4, 0.5) is 0 Å². The molecule has 4 nitrogen and oxygen atoms in total. The summed E-state index contributed by atoms with van der Waals surface area (Å²) in [5.74, 6) is 0. The van der Waals surface area contributed by atoms with Crippen molar-refractivity contribution >= 4 is 11.0 Å². The first-order valence-corrected chi connectivity index (χ1v) is 6.64. The fourth-order valence-electron chi connectivity index (χ4n) is 3.34. The third-order valence-electron chi connectivity index (χ3n) is 4.86. The van der Waals surface area contributed by atoms with Gasteiger partial charge in [0.05, 0.1) is 38.1 Å². The molecule has 2 aliphatic rings. The van der Waals surface area contributed by atoms with Crippen molar-refractivity contribution in [3.05, 3.63) is 36.1 Å². The van der Waals surface area contributed by atoms with Crippen molar-refractivity contribution in [2.75, 3.05) is 33.0 Å². The van der Waals surface area contributed by atoms with Gasteiger partial charge in [-0.2, -0.15) is 0 Å². The molecule has 0 aliphatic carbocycles. The lowest BCUT2D eigenvalue weighted by atomic mass is 9.57. The SMILES string of the molecule is NCC1(C2(c3coc4ccccc34)COC2)COC1. The molecule has 0 bridgehead atoms. The molecule has 1 aromatic heterocycles. The van der Waals surface area contributed by atoms with Gasteiger partial charge >= 0.3 is 0 Å². The monoisotopic (exact) mass is 259 g/mol. The van der Waals surface area contributed by atoms with Crippen LogP contribution in [0.1, 0.15) is 5.56 Å². The maximum Gasteiger partial charge on any atom is 0.134 e. The number of rotatable bonds is 3. The summed E-state index contributed by atoms with van der Waals surface area (Å²) in [7, 11) is 0. The van der Waals surface area contributed by atoms with Gasteiger partial charge < -0.3 is 19.6 Å². The van der Waals surface area contributed by atoms with Crippen LogP contribution >= 0.6 is 0 Å². The summed E-state index contributed by atoms with van der Waals surface area (Å²) >= 11 is 0. The van der Waals surface area contributed by atoms with Crippen molar-refractivity contribution in [1.82, 2.24) is 0 Å². The fraction of sp³-hybridized carbons (Fsp3) is 0.467. The zero-order chi connectivity index (χ0) is 12.9. The molecule has 19 heavy (non-hydrogen) atoms. The standard InChI is InChI=1S/C15H17NO3/c16-6-14(7-17-8-14)15(9-18-10-15)12-5-19-13-4-2-1-3-11(12)13/h1-5H,6-10,16H2. The van der Waals surface area contributed by atoms with Crippen molar-refractivity contribution in [2.24, 2.45) is 11.1 Å². The van der Waals surface area contributed by atoms with Gasteiger partial charge in [-0.3, -0.25) is 0 Å². The summed E-state index contributed by atoms with van der Waals surface area (Å²) < 4.78 is 16.7. The van der Waals surface area contributed by atoms with Gasteiger partial charge in [0.1, 0.15) is 5.58 Å². The van der Waals surface area contributed by atoms with E-state index in [1.807, 2.05) is 24.5 Å². The molecule has 4 heteroatoms. The minimum atomic E-state index is -0.0490. The van der Waals surface area contributed by atoms with E-state index in [9.17, 15) is 0 Å². The number of furan rings is 1. The number of hydrogen-bond donors (Lipinski definition) is 1. The quantitative estimate of drug-likeness (QED) is 0.911. The van der Waals surface area contributed by atoms with E-state index in [4.69, 9.17) is 19.6 Å². The van der Waals surface area contributed by atoms with Gasteiger partial charge in [0, 0.05) is 22.9 Å². The van der Waals surface area contributed by atoms with Crippen molar-refractivity contribution in [3.8, 4) is 0 Å². The normalized spacial score (nSPS) is 23.8. The smallest absolute Gasteiger partial charge is 0.134 e. The summed E-state index contributed by atoms with van der Waals surface area (Å²) in [6.45, 7) is 3.46. The summed E-state index contributed by atoms with van der Waals surface area (Å²) in [6.07, 6.45) is 1.88. The Labute approximate surface area is 111 Å². The zero-order valence-corrected chi connectivity index (χ0v) is 10.7. The van der Waals surface area contributed by atoms with Crippen LogP contribution in [0.5, 0.6) is 0 Å². The first kappa shape index (κ1) is 11.5. The molecular weight excluding hydrogens is 242 g/mol.